The molecule has 2 atom stereocenters. The molecule has 1 aromatic rings. The van der Waals surface area contributed by atoms with Crippen molar-refractivity contribution in [1.29, 1.82) is 0 Å². The first-order valence-corrected chi connectivity index (χ1v) is 11.2. The molecule has 0 bridgehead atoms. The first kappa shape index (κ1) is 26.0. The highest BCUT2D eigenvalue weighted by atomic mass is 127. The van der Waals surface area contributed by atoms with Crippen LogP contribution in [0.25, 0.3) is 0 Å². The van der Waals surface area contributed by atoms with Gasteiger partial charge in [-0.1, -0.05) is 0 Å². The minimum Gasteiger partial charge on any atom is -0.506 e. The standard InChI is InChI=1S/C16H21I3N2O7/c1-20(3-7(24)5-22)15(27)9-11(17)10(13(19)14(26)12(9)18)16(28)21(2)4-8(25)6-23/h7-8,22-26H,3-6H2,1-2H3. The van der Waals surface area contributed by atoms with Crippen molar-refractivity contribution in [2.75, 3.05) is 40.4 Å². The maximum atomic E-state index is 12.9. The summed E-state index contributed by atoms with van der Waals surface area (Å²) in [5, 5.41) is 47.6. The number of nitrogens with zero attached hydrogens (tertiary/aromatic N) is 2. The van der Waals surface area contributed by atoms with Crippen LogP contribution in [0, 0.1) is 10.7 Å². The van der Waals surface area contributed by atoms with E-state index < -0.39 is 37.2 Å². The van der Waals surface area contributed by atoms with Gasteiger partial charge in [-0.05, 0) is 67.8 Å². The molecule has 0 saturated carbocycles. The van der Waals surface area contributed by atoms with Gasteiger partial charge in [0, 0.05) is 30.8 Å². The highest BCUT2D eigenvalue weighted by molar-refractivity contribution is 14.1. The Labute approximate surface area is 203 Å². The maximum absolute atomic E-state index is 12.9. The highest BCUT2D eigenvalue weighted by Gasteiger charge is 2.31. The van der Waals surface area contributed by atoms with E-state index in [0.29, 0.717) is 3.57 Å². The molecule has 0 aliphatic carbocycles. The van der Waals surface area contributed by atoms with Crippen LogP contribution in [0.1, 0.15) is 20.7 Å². The van der Waals surface area contributed by atoms with E-state index >= 15 is 0 Å². The Morgan fingerprint density at radius 2 is 1.14 bits per heavy atom. The number of aliphatic hydroxyl groups excluding tert-OH is 4. The molecule has 0 aliphatic heterocycles. The van der Waals surface area contributed by atoms with Crippen molar-refractivity contribution >= 4 is 79.6 Å². The zero-order chi connectivity index (χ0) is 21.8. The predicted molar refractivity (Wildman–Crippen MR) is 126 cm³/mol. The molecule has 5 N–H and O–H groups in total. The molecular formula is C16H21I3N2O7. The Balaban J connectivity index is 3.42. The van der Waals surface area contributed by atoms with Crippen molar-refractivity contribution < 1.29 is 35.1 Å². The largest absolute Gasteiger partial charge is 0.506 e. The number of rotatable bonds is 8. The Morgan fingerprint density at radius 3 is 1.43 bits per heavy atom. The van der Waals surface area contributed by atoms with Crippen molar-refractivity contribution in [1.82, 2.24) is 9.80 Å². The number of likely N-dealkylation sites (N-methyl/N-ethyl adjacent to an activating group) is 2. The molecule has 2 unspecified atom stereocenters. The van der Waals surface area contributed by atoms with E-state index in [1.165, 1.54) is 23.9 Å². The number of aromatic hydroxyl groups is 1. The van der Waals surface area contributed by atoms with Gasteiger partial charge in [-0.2, -0.15) is 0 Å². The van der Waals surface area contributed by atoms with Crippen LogP contribution in [-0.2, 0) is 0 Å². The molecular weight excluding hydrogens is 713 g/mol. The molecule has 0 fully saturated rings. The van der Waals surface area contributed by atoms with Crippen LogP contribution >= 0.6 is 67.8 Å². The highest BCUT2D eigenvalue weighted by Crippen LogP contribution is 2.37. The minimum absolute atomic E-state index is 0.103. The molecule has 0 spiro atoms. The lowest BCUT2D eigenvalue weighted by molar-refractivity contribution is 0.0513. The third-order valence-electron chi connectivity index (χ3n) is 3.81. The Bertz CT molecular complexity index is 690. The van der Waals surface area contributed by atoms with Crippen LogP contribution in [0.15, 0.2) is 0 Å². The Hall–Kier alpha value is -0.0100. The maximum Gasteiger partial charge on any atom is 0.256 e. The molecule has 0 radical (unpaired) electrons. The van der Waals surface area contributed by atoms with Gasteiger partial charge in [0.05, 0.1) is 43.7 Å². The predicted octanol–water partition coefficient (Wildman–Crippen LogP) is 0.0564. The molecule has 0 aromatic heterocycles. The summed E-state index contributed by atoms with van der Waals surface area (Å²) < 4.78 is 0.836. The molecule has 9 nitrogen and oxygen atoms in total. The number of phenolic OH excluding ortho intramolecular Hbond substituents is 1. The number of carbonyl (C=O) groups excluding carboxylic acids is 2. The van der Waals surface area contributed by atoms with E-state index in [1.807, 2.05) is 67.8 Å². The van der Waals surface area contributed by atoms with Crippen LogP contribution in [0.2, 0.25) is 0 Å². The Kier molecular flexibility index (Phi) is 10.6. The van der Waals surface area contributed by atoms with Crippen molar-refractivity contribution in [2.45, 2.75) is 12.2 Å². The smallest absolute Gasteiger partial charge is 0.256 e. The average molecular weight is 734 g/mol. The van der Waals surface area contributed by atoms with E-state index in [-0.39, 0.29) is 37.1 Å². The quantitative estimate of drug-likeness (QED) is 0.238. The number of hydrogen-bond acceptors (Lipinski definition) is 7. The van der Waals surface area contributed by atoms with Gasteiger partial charge >= 0.3 is 0 Å². The minimum atomic E-state index is -1.12. The molecule has 0 aliphatic rings. The third kappa shape index (κ3) is 6.00. The second-order valence-corrected chi connectivity index (χ2v) is 9.32. The summed E-state index contributed by atoms with van der Waals surface area (Å²) in [6.07, 6.45) is -2.23. The second-order valence-electron chi connectivity index (χ2n) is 6.08. The van der Waals surface area contributed by atoms with Gasteiger partial charge in [0.25, 0.3) is 11.8 Å². The van der Waals surface area contributed by atoms with Crippen molar-refractivity contribution in [2.24, 2.45) is 0 Å². The molecule has 0 saturated heterocycles. The van der Waals surface area contributed by atoms with Crippen LogP contribution in [-0.4, -0.2) is 99.8 Å². The SMILES string of the molecule is CN(CC(O)CO)C(=O)c1c(I)c(O)c(I)c(C(=O)N(C)CC(O)CO)c1I. The van der Waals surface area contributed by atoms with E-state index in [2.05, 4.69) is 0 Å². The number of benzene rings is 1. The van der Waals surface area contributed by atoms with E-state index in [0.717, 1.165) is 0 Å². The molecule has 12 heteroatoms. The monoisotopic (exact) mass is 734 g/mol. The molecule has 0 heterocycles. The van der Waals surface area contributed by atoms with Gasteiger partial charge in [0.2, 0.25) is 0 Å². The van der Waals surface area contributed by atoms with Crippen LogP contribution < -0.4 is 0 Å². The summed E-state index contributed by atoms with van der Waals surface area (Å²) in [5.74, 6) is -1.28. The van der Waals surface area contributed by atoms with Gasteiger partial charge in [-0.25, -0.2) is 0 Å². The summed E-state index contributed by atoms with van der Waals surface area (Å²) in [6, 6.07) is 0. The fraction of sp³-hybridized carbons (Fsp3) is 0.500. The molecule has 1 aromatic carbocycles. The summed E-state index contributed by atoms with van der Waals surface area (Å²) >= 11 is 5.48. The van der Waals surface area contributed by atoms with Gasteiger partial charge < -0.3 is 35.3 Å². The average Bonchev–Trinajstić information content (AvgIpc) is 2.65. The zero-order valence-electron chi connectivity index (χ0n) is 15.1. The number of aliphatic hydroxyl groups is 4. The number of phenols is 1. The normalized spacial score (nSPS) is 13.2. The fourth-order valence-electron chi connectivity index (χ4n) is 2.32. The summed E-state index contributed by atoms with van der Waals surface area (Å²) in [6.45, 7) is -1.27. The van der Waals surface area contributed by atoms with E-state index in [1.54, 1.807) is 0 Å². The van der Waals surface area contributed by atoms with Crippen LogP contribution in [0.5, 0.6) is 5.75 Å². The summed E-state index contributed by atoms with van der Waals surface area (Å²) in [4.78, 5) is 28.2. The van der Waals surface area contributed by atoms with Crippen LogP contribution in [0.4, 0.5) is 0 Å². The van der Waals surface area contributed by atoms with Crippen molar-refractivity contribution in [3.8, 4) is 5.75 Å². The molecule has 1 rings (SSSR count). The van der Waals surface area contributed by atoms with Crippen molar-refractivity contribution in [3.05, 3.63) is 21.8 Å². The second kappa shape index (κ2) is 11.4. The fourth-order valence-corrected chi connectivity index (χ4v) is 6.41. The zero-order valence-corrected chi connectivity index (χ0v) is 21.5. The lowest BCUT2D eigenvalue weighted by Gasteiger charge is -2.25. The number of hydrogen-bond donors (Lipinski definition) is 5. The lowest BCUT2D eigenvalue weighted by Crippen LogP contribution is -2.38. The summed E-state index contributed by atoms with van der Waals surface area (Å²) in [5.41, 5.74) is 0.206. The molecule has 2 amide bonds. The van der Waals surface area contributed by atoms with Gasteiger partial charge in [0.15, 0.2) is 0 Å². The van der Waals surface area contributed by atoms with Crippen molar-refractivity contribution in [3.63, 3.8) is 0 Å². The number of carbonyl (C=O) groups is 2. The van der Waals surface area contributed by atoms with Gasteiger partial charge in [-0.3, -0.25) is 9.59 Å². The van der Waals surface area contributed by atoms with E-state index in [9.17, 15) is 24.9 Å². The lowest BCUT2D eigenvalue weighted by atomic mass is 10.1. The van der Waals surface area contributed by atoms with Gasteiger partial charge in [0.1, 0.15) is 5.75 Å². The molecule has 158 valence electrons. The Morgan fingerprint density at radius 1 is 0.821 bits per heavy atom. The molecule has 28 heavy (non-hydrogen) atoms. The van der Waals surface area contributed by atoms with Gasteiger partial charge in [-0.15, -0.1) is 0 Å². The number of amides is 2. The van der Waals surface area contributed by atoms with Crippen LogP contribution in [0.3, 0.4) is 0 Å². The first-order valence-electron chi connectivity index (χ1n) is 7.95. The third-order valence-corrected chi connectivity index (χ3v) is 6.98. The topological polar surface area (TPSA) is 142 Å². The first-order chi connectivity index (χ1) is 13.0. The van der Waals surface area contributed by atoms with E-state index in [4.69, 9.17) is 10.2 Å². The summed E-state index contributed by atoms with van der Waals surface area (Å²) in [7, 11) is 2.88. The number of halogens is 3.